The maximum Gasteiger partial charge on any atom is 0.324 e. The Bertz CT molecular complexity index is 284. The van der Waals surface area contributed by atoms with Crippen LogP contribution in [0.2, 0.25) is 0 Å². The van der Waals surface area contributed by atoms with Gasteiger partial charge in [-0.3, -0.25) is 14.5 Å². The second-order valence-corrected chi connectivity index (χ2v) is 3.85. The van der Waals surface area contributed by atoms with Gasteiger partial charge in [-0.2, -0.15) is 0 Å². The van der Waals surface area contributed by atoms with E-state index in [1.54, 1.807) is 13.8 Å². The molecule has 0 bridgehead atoms. The lowest BCUT2D eigenvalue weighted by atomic mass is 9.95. The fourth-order valence-electron chi connectivity index (χ4n) is 1.41. The number of imide groups is 1. The number of rotatable bonds is 4. The van der Waals surface area contributed by atoms with Crippen molar-refractivity contribution in [2.24, 2.45) is 11.8 Å². The number of amides is 3. The van der Waals surface area contributed by atoms with E-state index in [0.29, 0.717) is 0 Å². The van der Waals surface area contributed by atoms with Crippen molar-refractivity contribution in [1.82, 2.24) is 10.2 Å². The second-order valence-electron chi connectivity index (χ2n) is 3.85. The average molecular weight is 214 g/mol. The molecule has 1 aliphatic heterocycles. The van der Waals surface area contributed by atoms with E-state index in [2.05, 4.69) is 5.32 Å². The van der Waals surface area contributed by atoms with Crippen molar-refractivity contribution in [2.75, 3.05) is 13.1 Å². The summed E-state index contributed by atoms with van der Waals surface area (Å²) in [6.07, 6.45) is 0. The van der Waals surface area contributed by atoms with Gasteiger partial charge < -0.3 is 10.4 Å². The molecule has 1 heterocycles. The van der Waals surface area contributed by atoms with Crippen molar-refractivity contribution in [3.05, 3.63) is 0 Å². The number of nitrogens with zero attached hydrogens (tertiary/aromatic N) is 1. The van der Waals surface area contributed by atoms with Gasteiger partial charge in [-0.25, -0.2) is 4.79 Å². The van der Waals surface area contributed by atoms with Crippen LogP contribution in [0, 0.1) is 11.8 Å². The van der Waals surface area contributed by atoms with E-state index in [-0.39, 0.29) is 24.9 Å². The van der Waals surface area contributed by atoms with Crippen molar-refractivity contribution in [2.45, 2.75) is 13.8 Å². The second kappa shape index (κ2) is 4.29. The van der Waals surface area contributed by atoms with Crippen LogP contribution in [-0.2, 0) is 9.59 Å². The summed E-state index contributed by atoms with van der Waals surface area (Å²) >= 11 is 0. The highest BCUT2D eigenvalue weighted by Crippen LogP contribution is 2.14. The summed E-state index contributed by atoms with van der Waals surface area (Å²) in [6.45, 7) is 3.40. The molecular weight excluding hydrogens is 200 g/mol. The summed E-state index contributed by atoms with van der Waals surface area (Å²) in [5.74, 6) is -2.19. The summed E-state index contributed by atoms with van der Waals surface area (Å²) < 4.78 is 0. The van der Waals surface area contributed by atoms with Gasteiger partial charge in [-0.1, -0.05) is 13.8 Å². The molecule has 3 amide bonds. The molecule has 0 saturated carbocycles. The molecule has 84 valence electrons. The minimum Gasteiger partial charge on any atom is -0.481 e. The lowest BCUT2D eigenvalue weighted by molar-refractivity contribution is -0.144. The highest BCUT2D eigenvalue weighted by Gasteiger charge is 2.34. The van der Waals surface area contributed by atoms with Gasteiger partial charge in [-0.05, 0) is 5.92 Å². The van der Waals surface area contributed by atoms with Crippen LogP contribution in [0.3, 0.4) is 0 Å². The molecule has 2 N–H and O–H groups in total. The van der Waals surface area contributed by atoms with Gasteiger partial charge >= 0.3 is 12.0 Å². The Morgan fingerprint density at radius 1 is 1.53 bits per heavy atom. The van der Waals surface area contributed by atoms with Crippen molar-refractivity contribution in [3.63, 3.8) is 0 Å². The molecule has 1 aliphatic rings. The summed E-state index contributed by atoms with van der Waals surface area (Å²) in [7, 11) is 0. The highest BCUT2D eigenvalue weighted by molar-refractivity contribution is 6.02. The van der Waals surface area contributed by atoms with Gasteiger partial charge in [0.1, 0.15) is 0 Å². The topological polar surface area (TPSA) is 86.7 Å². The van der Waals surface area contributed by atoms with E-state index in [1.807, 2.05) is 0 Å². The molecule has 0 aromatic carbocycles. The van der Waals surface area contributed by atoms with E-state index in [9.17, 15) is 14.4 Å². The molecule has 6 heteroatoms. The maximum atomic E-state index is 11.2. The number of hydrogen-bond donors (Lipinski definition) is 2. The third kappa shape index (κ3) is 2.45. The number of carbonyl (C=O) groups is 3. The van der Waals surface area contributed by atoms with E-state index in [1.165, 1.54) is 0 Å². The van der Waals surface area contributed by atoms with Gasteiger partial charge in [0.05, 0.1) is 12.5 Å². The minimum absolute atomic E-state index is 0.0384. The molecule has 1 fully saturated rings. The Morgan fingerprint density at radius 3 is 2.47 bits per heavy atom. The molecule has 1 saturated heterocycles. The summed E-state index contributed by atoms with van der Waals surface area (Å²) in [5, 5.41) is 11.3. The third-order valence-electron chi connectivity index (χ3n) is 2.44. The molecule has 1 unspecified atom stereocenters. The van der Waals surface area contributed by atoms with Crippen LogP contribution >= 0.6 is 0 Å². The largest absolute Gasteiger partial charge is 0.481 e. The number of hydrogen-bond acceptors (Lipinski definition) is 3. The van der Waals surface area contributed by atoms with E-state index in [4.69, 9.17) is 5.11 Å². The van der Waals surface area contributed by atoms with Crippen LogP contribution in [0.25, 0.3) is 0 Å². The van der Waals surface area contributed by atoms with Crippen molar-refractivity contribution in [1.29, 1.82) is 0 Å². The van der Waals surface area contributed by atoms with Gasteiger partial charge in [0.15, 0.2) is 0 Å². The van der Waals surface area contributed by atoms with Crippen molar-refractivity contribution in [3.8, 4) is 0 Å². The van der Waals surface area contributed by atoms with Gasteiger partial charge in [0, 0.05) is 6.54 Å². The smallest absolute Gasteiger partial charge is 0.324 e. The van der Waals surface area contributed by atoms with Crippen LogP contribution in [0.15, 0.2) is 0 Å². The first-order chi connectivity index (χ1) is 6.93. The maximum absolute atomic E-state index is 11.2. The Balaban J connectivity index is 2.69. The number of urea groups is 1. The molecule has 0 radical (unpaired) electrons. The molecule has 0 aromatic heterocycles. The first-order valence-electron chi connectivity index (χ1n) is 4.74. The zero-order valence-electron chi connectivity index (χ0n) is 8.69. The fourth-order valence-corrected chi connectivity index (χ4v) is 1.41. The van der Waals surface area contributed by atoms with Crippen LogP contribution in [0.5, 0.6) is 0 Å². The first-order valence-corrected chi connectivity index (χ1v) is 4.74. The molecule has 0 aliphatic carbocycles. The molecule has 1 rings (SSSR count). The number of carboxylic acid groups (broad SMARTS) is 1. The van der Waals surface area contributed by atoms with Gasteiger partial charge in [-0.15, -0.1) is 0 Å². The Kier molecular flexibility index (Phi) is 3.28. The quantitative estimate of drug-likeness (QED) is 0.639. The Morgan fingerprint density at radius 2 is 2.13 bits per heavy atom. The van der Waals surface area contributed by atoms with Crippen molar-refractivity contribution >= 4 is 17.9 Å². The van der Waals surface area contributed by atoms with Crippen LogP contribution in [0.4, 0.5) is 4.79 Å². The fraction of sp³-hybridized carbons (Fsp3) is 0.667. The van der Waals surface area contributed by atoms with Crippen LogP contribution in [-0.4, -0.2) is 41.0 Å². The number of aliphatic carboxylic acids is 1. The van der Waals surface area contributed by atoms with Crippen molar-refractivity contribution < 1.29 is 19.5 Å². The monoisotopic (exact) mass is 214 g/mol. The summed E-state index contributed by atoms with van der Waals surface area (Å²) in [5.41, 5.74) is 0. The van der Waals surface area contributed by atoms with E-state index >= 15 is 0 Å². The normalized spacial score (nSPS) is 18.2. The summed E-state index contributed by atoms with van der Waals surface area (Å²) in [6, 6.07) is -0.507. The zero-order valence-corrected chi connectivity index (χ0v) is 8.69. The number of nitrogens with one attached hydrogen (secondary N) is 1. The number of carboxylic acids is 1. The molecule has 15 heavy (non-hydrogen) atoms. The minimum atomic E-state index is -0.988. The molecule has 1 atom stereocenters. The van der Waals surface area contributed by atoms with Crippen LogP contribution < -0.4 is 5.32 Å². The molecular formula is C9H14N2O4. The van der Waals surface area contributed by atoms with Gasteiger partial charge in [0.2, 0.25) is 5.91 Å². The van der Waals surface area contributed by atoms with Crippen LogP contribution in [0.1, 0.15) is 13.8 Å². The predicted octanol–water partition coefficient (Wildman–Crippen LogP) is -0.105. The van der Waals surface area contributed by atoms with Gasteiger partial charge in [0.25, 0.3) is 0 Å². The molecule has 6 nitrogen and oxygen atoms in total. The average Bonchev–Trinajstić information content (AvgIpc) is 2.42. The predicted molar refractivity (Wildman–Crippen MR) is 51.1 cm³/mol. The highest BCUT2D eigenvalue weighted by atomic mass is 16.4. The molecule has 0 spiro atoms. The lowest BCUT2D eigenvalue weighted by Crippen LogP contribution is -2.39. The zero-order chi connectivity index (χ0) is 11.6. The molecule has 0 aromatic rings. The third-order valence-corrected chi connectivity index (χ3v) is 2.44. The number of carbonyl (C=O) groups excluding carboxylic acids is 2. The van der Waals surface area contributed by atoms with E-state index in [0.717, 1.165) is 4.90 Å². The van der Waals surface area contributed by atoms with E-state index < -0.39 is 17.9 Å². The lowest BCUT2D eigenvalue weighted by Gasteiger charge is -2.20. The Hall–Kier alpha value is -1.59. The standard InChI is InChI=1S/C9H14N2O4/c1-5(2)6(8(13)14)4-11-7(12)3-10-9(11)15/h5-6H,3-4H2,1-2H3,(H,10,15)(H,13,14). The SMILES string of the molecule is CC(C)C(CN1C(=O)CNC1=O)C(=O)O. The summed E-state index contributed by atoms with van der Waals surface area (Å²) in [4.78, 5) is 34.2. The Labute approximate surface area is 87.2 Å². The first kappa shape index (κ1) is 11.5.